The van der Waals surface area contributed by atoms with Crippen molar-refractivity contribution in [3.63, 3.8) is 0 Å². The fraction of sp³-hybridized carbons (Fsp3) is 1.00. The summed E-state index contributed by atoms with van der Waals surface area (Å²) in [6.45, 7) is 6.02. The molecule has 0 aromatic heterocycles. The van der Waals surface area contributed by atoms with Gasteiger partial charge in [-0.15, -0.1) is 0 Å². The van der Waals surface area contributed by atoms with Gasteiger partial charge in [-0.2, -0.15) is 0 Å². The molecule has 0 spiro atoms. The molecule has 0 amide bonds. The summed E-state index contributed by atoms with van der Waals surface area (Å²) in [4.78, 5) is 0. The lowest BCUT2D eigenvalue weighted by Crippen LogP contribution is -2.35. The third-order valence-electron chi connectivity index (χ3n) is 2.97. The van der Waals surface area contributed by atoms with Crippen LogP contribution in [0.4, 0.5) is 0 Å². The Hall–Kier alpha value is -0.120. The summed E-state index contributed by atoms with van der Waals surface area (Å²) in [5, 5.41) is 12.8. The van der Waals surface area contributed by atoms with E-state index in [4.69, 9.17) is 4.74 Å². The Labute approximate surface area is 86.8 Å². The van der Waals surface area contributed by atoms with Crippen molar-refractivity contribution in [3.8, 4) is 0 Å². The molecule has 0 aliphatic carbocycles. The Kier molecular flexibility index (Phi) is 5.45. The molecule has 3 atom stereocenters. The first-order chi connectivity index (χ1) is 6.74. The third kappa shape index (κ3) is 3.95. The van der Waals surface area contributed by atoms with Gasteiger partial charge in [0.2, 0.25) is 0 Å². The van der Waals surface area contributed by atoms with Gasteiger partial charge in [0, 0.05) is 12.6 Å². The lowest BCUT2D eigenvalue weighted by molar-refractivity contribution is 0.112. The summed E-state index contributed by atoms with van der Waals surface area (Å²) in [5.41, 5.74) is 0. The Bertz CT molecular complexity index is 152. The standard InChI is InChI=1S/C11H23NO2/c1-3-10(13)5-4-7-12-11-6-8-14-9(11)2/h9-13H,3-8H2,1-2H3. The molecule has 1 saturated heterocycles. The molecule has 3 nitrogen and oxygen atoms in total. The quantitative estimate of drug-likeness (QED) is 0.637. The average Bonchev–Trinajstić information content (AvgIpc) is 2.58. The highest BCUT2D eigenvalue weighted by Gasteiger charge is 2.22. The SMILES string of the molecule is CCC(O)CCCNC1CCOC1C. The van der Waals surface area contributed by atoms with Crippen LogP contribution in [0.15, 0.2) is 0 Å². The van der Waals surface area contributed by atoms with Crippen molar-refractivity contribution >= 4 is 0 Å². The monoisotopic (exact) mass is 201 g/mol. The lowest BCUT2D eigenvalue weighted by Gasteiger charge is -2.16. The van der Waals surface area contributed by atoms with E-state index in [-0.39, 0.29) is 6.10 Å². The molecule has 3 unspecified atom stereocenters. The Morgan fingerprint density at radius 3 is 2.93 bits per heavy atom. The fourth-order valence-corrected chi connectivity index (χ4v) is 1.83. The minimum Gasteiger partial charge on any atom is -0.393 e. The first kappa shape index (κ1) is 12.0. The highest BCUT2D eigenvalue weighted by molar-refractivity contribution is 4.78. The van der Waals surface area contributed by atoms with Gasteiger partial charge in [-0.05, 0) is 39.2 Å². The van der Waals surface area contributed by atoms with Crippen molar-refractivity contribution in [2.45, 2.75) is 57.8 Å². The number of aliphatic hydroxyl groups excluding tert-OH is 1. The van der Waals surface area contributed by atoms with E-state index in [1.54, 1.807) is 0 Å². The third-order valence-corrected chi connectivity index (χ3v) is 2.97. The molecule has 84 valence electrons. The van der Waals surface area contributed by atoms with Crippen LogP contribution in [0.2, 0.25) is 0 Å². The highest BCUT2D eigenvalue weighted by atomic mass is 16.5. The first-order valence-corrected chi connectivity index (χ1v) is 5.77. The van der Waals surface area contributed by atoms with E-state index in [9.17, 15) is 5.11 Å². The second-order valence-corrected chi connectivity index (χ2v) is 4.13. The molecule has 1 aliphatic rings. The van der Waals surface area contributed by atoms with Crippen molar-refractivity contribution in [3.05, 3.63) is 0 Å². The predicted molar refractivity (Wildman–Crippen MR) is 57.4 cm³/mol. The normalized spacial score (nSPS) is 29.4. The molecule has 0 saturated carbocycles. The molecule has 0 aromatic carbocycles. The summed E-state index contributed by atoms with van der Waals surface area (Å²) in [6.07, 6.45) is 4.18. The van der Waals surface area contributed by atoms with Crippen molar-refractivity contribution in [2.24, 2.45) is 0 Å². The molecule has 1 aliphatic heterocycles. The maximum absolute atomic E-state index is 9.35. The zero-order valence-corrected chi connectivity index (χ0v) is 9.33. The molecule has 14 heavy (non-hydrogen) atoms. The van der Waals surface area contributed by atoms with Gasteiger partial charge in [-0.3, -0.25) is 0 Å². The predicted octanol–water partition coefficient (Wildman–Crippen LogP) is 1.30. The van der Waals surface area contributed by atoms with Crippen molar-refractivity contribution in [1.82, 2.24) is 5.32 Å². The van der Waals surface area contributed by atoms with Crippen LogP contribution in [0.3, 0.4) is 0 Å². The van der Waals surface area contributed by atoms with Gasteiger partial charge in [0.25, 0.3) is 0 Å². The molecule has 1 fully saturated rings. The van der Waals surface area contributed by atoms with E-state index in [1.807, 2.05) is 6.92 Å². The molecule has 0 radical (unpaired) electrons. The fourth-order valence-electron chi connectivity index (χ4n) is 1.83. The van der Waals surface area contributed by atoms with Crippen LogP contribution in [0.1, 0.15) is 39.5 Å². The second kappa shape index (κ2) is 6.38. The minimum atomic E-state index is -0.117. The maximum atomic E-state index is 9.35. The van der Waals surface area contributed by atoms with Gasteiger partial charge in [0.05, 0.1) is 12.2 Å². The summed E-state index contributed by atoms with van der Waals surface area (Å²) >= 11 is 0. The number of hydrogen-bond acceptors (Lipinski definition) is 3. The van der Waals surface area contributed by atoms with Crippen LogP contribution in [-0.2, 0) is 4.74 Å². The topological polar surface area (TPSA) is 41.5 Å². The minimum absolute atomic E-state index is 0.117. The largest absolute Gasteiger partial charge is 0.393 e. The summed E-state index contributed by atoms with van der Waals surface area (Å²) in [6, 6.07) is 0.522. The smallest absolute Gasteiger partial charge is 0.0700 e. The van der Waals surface area contributed by atoms with Gasteiger partial charge in [-0.1, -0.05) is 6.92 Å². The van der Waals surface area contributed by atoms with E-state index in [1.165, 1.54) is 0 Å². The molecule has 1 heterocycles. The Morgan fingerprint density at radius 1 is 1.57 bits per heavy atom. The van der Waals surface area contributed by atoms with E-state index >= 15 is 0 Å². The van der Waals surface area contributed by atoms with Crippen molar-refractivity contribution in [2.75, 3.05) is 13.2 Å². The van der Waals surface area contributed by atoms with Crippen LogP contribution in [-0.4, -0.2) is 36.5 Å². The molecular weight excluding hydrogens is 178 g/mol. The van der Waals surface area contributed by atoms with Crippen LogP contribution >= 0.6 is 0 Å². The van der Waals surface area contributed by atoms with Crippen molar-refractivity contribution < 1.29 is 9.84 Å². The number of aliphatic hydroxyl groups is 1. The van der Waals surface area contributed by atoms with Crippen molar-refractivity contribution in [1.29, 1.82) is 0 Å². The maximum Gasteiger partial charge on any atom is 0.0700 e. The summed E-state index contributed by atoms with van der Waals surface area (Å²) < 4.78 is 5.45. The number of nitrogens with one attached hydrogen (secondary N) is 1. The van der Waals surface area contributed by atoms with Crippen LogP contribution in [0.5, 0.6) is 0 Å². The second-order valence-electron chi connectivity index (χ2n) is 4.13. The van der Waals surface area contributed by atoms with Crippen LogP contribution < -0.4 is 5.32 Å². The summed E-state index contributed by atoms with van der Waals surface area (Å²) in [5.74, 6) is 0. The van der Waals surface area contributed by atoms with Gasteiger partial charge in [0.1, 0.15) is 0 Å². The van der Waals surface area contributed by atoms with Crippen LogP contribution in [0.25, 0.3) is 0 Å². The van der Waals surface area contributed by atoms with Gasteiger partial charge in [0.15, 0.2) is 0 Å². The zero-order valence-electron chi connectivity index (χ0n) is 9.33. The van der Waals surface area contributed by atoms with E-state index in [0.717, 1.165) is 38.8 Å². The molecule has 2 N–H and O–H groups in total. The number of hydrogen-bond donors (Lipinski definition) is 2. The van der Waals surface area contributed by atoms with Gasteiger partial charge >= 0.3 is 0 Å². The molecular formula is C11H23NO2. The number of ether oxygens (including phenoxy) is 1. The number of rotatable bonds is 6. The Morgan fingerprint density at radius 2 is 2.36 bits per heavy atom. The summed E-state index contributed by atoms with van der Waals surface area (Å²) in [7, 11) is 0. The van der Waals surface area contributed by atoms with Gasteiger partial charge < -0.3 is 15.2 Å². The van der Waals surface area contributed by atoms with Gasteiger partial charge in [-0.25, -0.2) is 0 Å². The average molecular weight is 201 g/mol. The molecule has 0 bridgehead atoms. The highest BCUT2D eigenvalue weighted by Crippen LogP contribution is 2.12. The molecule has 1 rings (SSSR count). The van der Waals surface area contributed by atoms with Crippen LogP contribution in [0, 0.1) is 0 Å². The van der Waals surface area contributed by atoms with E-state index < -0.39 is 0 Å². The van der Waals surface area contributed by atoms with E-state index in [2.05, 4.69) is 12.2 Å². The lowest BCUT2D eigenvalue weighted by atomic mass is 10.1. The molecule has 0 aromatic rings. The first-order valence-electron chi connectivity index (χ1n) is 5.77. The zero-order chi connectivity index (χ0) is 10.4. The Balaban J connectivity index is 1.98. The van der Waals surface area contributed by atoms with E-state index in [0.29, 0.717) is 12.1 Å². The molecule has 3 heteroatoms.